The lowest BCUT2D eigenvalue weighted by molar-refractivity contribution is -0.275. The largest absolute Gasteiger partial charge is 0.573 e. The number of fused-ring (bicyclic) bond motifs is 3. The Kier molecular flexibility index (Phi) is 5.24. The van der Waals surface area contributed by atoms with E-state index in [2.05, 4.69) is 35.9 Å². The molecule has 0 fully saturated rings. The van der Waals surface area contributed by atoms with Crippen LogP contribution in [0.1, 0.15) is 48.8 Å². The van der Waals surface area contributed by atoms with Gasteiger partial charge in [0.2, 0.25) is 0 Å². The Morgan fingerprint density at radius 1 is 1.03 bits per heavy atom. The van der Waals surface area contributed by atoms with Gasteiger partial charge >= 0.3 is 6.36 Å². The van der Waals surface area contributed by atoms with Crippen LogP contribution in [-0.4, -0.2) is 6.36 Å². The van der Waals surface area contributed by atoms with Gasteiger partial charge in [0.25, 0.3) is 0 Å². The van der Waals surface area contributed by atoms with Crippen LogP contribution in [0.3, 0.4) is 0 Å². The summed E-state index contributed by atoms with van der Waals surface area (Å²) in [5.41, 5.74) is 3.11. The lowest BCUT2D eigenvalue weighted by atomic mass is 9.69. The average molecular weight is 402 g/mol. The summed E-state index contributed by atoms with van der Waals surface area (Å²) in [6.07, 6.45) is -0.998. The number of hydrogen-bond acceptors (Lipinski definition) is 1. The van der Waals surface area contributed by atoms with Crippen LogP contribution in [0.4, 0.5) is 17.6 Å². The Morgan fingerprint density at radius 2 is 1.83 bits per heavy atom. The van der Waals surface area contributed by atoms with Crippen molar-refractivity contribution in [3.05, 3.63) is 77.1 Å². The number of ether oxygens (including phenoxy) is 1. The van der Waals surface area contributed by atoms with Crippen molar-refractivity contribution < 1.29 is 22.3 Å². The smallest absolute Gasteiger partial charge is 0.403 e. The van der Waals surface area contributed by atoms with Crippen molar-refractivity contribution in [3.63, 3.8) is 0 Å². The molecule has 0 heterocycles. The van der Waals surface area contributed by atoms with Crippen molar-refractivity contribution in [2.45, 2.75) is 44.9 Å². The van der Waals surface area contributed by atoms with Gasteiger partial charge < -0.3 is 4.74 Å². The van der Waals surface area contributed by atoms with Gasteiger partial charge in [0.05, 0.1) is 0 Å². The van der Waals surface area contributed by atoms with Crippen molar-refractivity contribution in [2.24, 2.45) is 5.92 Å². The van der Waals surface area contributed by atoms with Crippen molar-refractivity contribution in [2.75, 3.05) is 0 Å². The second-order valence-electron chi connectivity index (χ2n) is 7.66. The van der Waals surface area contributed by atoms with E-state index >= 15 is 0 Å². The maximum Gasteiger partial charge on any atom is 0.573 e. The highest BCUT2D eigenvalue weighted by molar-refractivity contribution is 5.87. The fraction of sp³-hybridized carbons (Fsp3) is 0.333. The molecular weight excluding hydrogens is 380 g/mol. The zero-order valence-electron chi connectivity index (χ0n) is 16.1. The minimum Gasteiger partial charge on any atom is -0.403 e. The summed E-state index contributed by atoms with van der Waals surface area (Å²) in [4.78, 5) is 0. The molecule has 3 aromatic rings. The third kappa shape index (κ3) is 3.96. The topological polar surface area (TPSA) is 9.23 Å². The van der Waals surface area contributed by atoms with Gasteiger partial charge in [0, 0.05) is 5.92 Å². The first-order valence-corrected chi connectivity index (χ1v) is 9.93. The quantitative estimate of drug-likeness (QED) is 0.414. The van der Waals surface area contributed by atoms with Crippen molar-refractivity contribution in [1.82, 2.24) is 0 Å². The van der Waals surface area contributed by atoms with E-state index in [0.717, 1.165) is 37.3 Å². The van der Waals surface area contributed by atoms with Gasteiger partial charge in [-0.05, 0) is 64.8 Å². The molecule has 1 aliphatic rings. The molecule has 0 radical (unpaired) electrons. The van der Waals surface area contributed by atoms with Crippen LogP contribution in [-0.2, 0) is 6.42 Å². The maximum atomic E-state index is 14.5. The van der Waals surface area contributed by atoms with Crippen LogP contribution in [0, 0.1) is 11.7 Å². The fourth-order valence-electron chi connectivity index (χ4n) is 4.73. The Hall–Kier alpha value is -2.56. The third-order valence-corrected chi connectivity index (χ3v) is 5.85. The Bertz CT molecular complexity index is 1030. The minimum absolute atomic E-state index is 0.0438. The van der Waals surface area contributed by atoms with E-state index in [-0.39, 0.29) is 5.92 Å². The minimum atomic E-state index is -4.91. The van der Waals surface area contributed by atoms with Gasteiger partial charge in [-0.25, -0.2) is 4.39 Å². The van der Waals surface area contributed by atoms with Crippen LogP contribution in [0.25, 0.3) is 10.8 Å². The molecule has 5 heteroatoms. The van der Waals surface area contributed by atoms with E-state index in [1.807, 2.05) is 12.1 Å². The molecule has 0 amide bonds. The zero-order chi connectivity index (χ0) is 20.6. The standard InChI is InChI=1S/C24H22F4O/c1-2-5-16-9-11-19-18-7-4-3-6-15(18)8-12-20(19)23(16)17-10-13-22(21(25)14-17)29-24(26,27)28/h3-4,6-8,10,12-14,16,23H,2,5,9,11H2,1H3/t16-,23-/m1/s1. The number of hydrogen-bond donors (Lipinski definition) is 0. The van der Waals surface area contributed by atoms with Crippen molar-refractivity contribution in [1.29, 1.82) is 0 Å². The monoisotopic (exact) mass is 402 g/mol. The second-order valence-corrected chi connectivity index (χ2v) is 7.66. The third-order valence-electron chi connectivity index (χ3n) is 5.85. The molecule has 0 bridgehead atoms. The molecule has 0 spiro atoms. The fourth-order valence-corrected chi connectivity index (χ4v) is 4.73. The molecule has 1 aliphatic carbocycles. The molecule has 29 heavy (non-hydrogen) atoms. The SMILES string of the molecule is CCC[C@@H]1CCc2c(ccc3ccccc23)[C@H]1c1ccc(OC(F)(F)F)c(F)c1. The lowest BCUT2D eigenvalue weighted by Gasteiger charge is -2.35. The first kappa shape index (κ1) is 19.7. The molecule has 0 aliphatic heterocycles. The van der Waals surface area contributed by atoms with E-state index < -0.39 is 17.9 Å². The van der Waals surface area contributed by atoms with Gasteiger partial charge in [-0.2, -0.15) is 0 Å². The number of aryl methyl sites for hydroxylation is 1. The number of halogens is 4. The van der Waals surface area contributed by atoms with Crippen molar-refractivity contribution >= 4 is 10.8 Å². The second kappa shape index (κ2) is 7.69. The highest BCUT2D eigenvalue weighted by atomic mass is 19.4. The highest BCUT2D eigenvalue weighted by Gasteiger charge is 2.34. The Labute approximate surface area is 167 Å². The van der Waals surface area contributed by atoms with Gasteiger partial charge in [0.1, 0.15) is 0 Å². The van der Waals surface area contributed by atoms with Crippen LogP contribution < -0.4 is 4.74 Å². The summed E-state index contributed by atoms with van der Waals surface area (Å²) in [5.74, 6) is -1.49. The first-order valence-electron chi connectivity index (χ1n) is 9.93. The van der Waals surface area contributed by atoms with Gasteiger partial charge in [-0.15, -0.1) is 13.2 Å². The molecule has 0 unspecified atom stereocenters. The molecule has 3 aromatic carbocycles. The Balaban J connectivity index is 1.80. The first-order chi connectivity index (χ1) is 13.9. The summed E-state index contributed by atoms with van der Waals surface area (Å²) in [6, 6.07) is 16.2. The normalized spacial score (nSPS) is 19.2. The van der Waals surface area contributed by atoms with Crippen LogP contribution in [0.15, 0.2) is 54.6 Å². The van der Waals surface area contributed by atoms with E-state index in [0.29, 0.717) is 11.5 Å². The molecule has 1 nitrogen and oxygen atoms in total. The predicted octanol–water partition coefficient (Wildman–Crippen LogP) is 7.37. The zero-order valence-corrected chi connectivity index (χ0v) is 16.1. The molecule has 0 saturated heterocycles. The molecule has 0 N–H and O–H groups in total. The predicted molar refractivity (Wildman–Crippen MR) is 106 cm³/mol. The van der Waals surface area contributed by atoms with E-state index in [1.165, 1.54) is 22.4 Å². The molecule has 0 aromatic heterocycles. The van der Waals surface area contributed by atoms with Crippen LogP contribution in [0.2, 0.25) is 0 Å². The maximum absolute atomic E-state index is 14.5. The number of alkyl halides is 3. The number of benzene rings is 3. The Morgan fingerprint density at radius 3 is 2.55 bits per heavy atom. The van der Waals surface area contributed by atoms with Gasteiger partial charge in [-0.1, -0.05) is 55.8 Å². The van der Waals surface area contributed by atoms with E-state index in [1.54, 1.807) is 6.07 Å². The average Bonchev–Trinajstić information content (AvgIpc) is 2.68. The lowest BCUT2D eigenvalue weighted by Crippen LogP contribution is -2.22. The van der Waals surface area contributed by atoms with E-state index in [9.17, 15) is 17.6 Å². The summed E-state index contributed by atoms with van der Waals surface area (Å²) in [6.45, 7) is 2.12. The number of rotatable bonds is 4. The molecule has 2 atom stereocenters. The molecular formula is C24H22F4O. The van der Waals surface area contributed by atoms with Crippen LogP contribution >= 0.6 is 0 Å². The summed E-state index contributed by atoms with van der Waals surface area (Å²) in [5, 5.41) is 2.36. The summed E-state index contributed by atoms with van der Waals surface area (Å²) < 4.78 is 55.7. The van der Waals surface area contributed by atoms with Crippen molar-refractivity contribution in [3.8, 4) is 5.75 Å². The van der Waals surface area contributed by atoms with Crippen LogP contribution in [0.5, 0.6) is 5.75 Å². The van der Waals surface area contributed by atoms with Gasteiger partial charge in [-0.3, -0.25) is 0 Å². The van der Waals surface area contributed by atoms with Gasteiger partial charge in [0.15, 0.2) is 11.6 Å². The highest BCUT2D eigenvalue weighted by Crippen LogP contribution is 2.45. The molecule has 0 saturated carbocycles. The molecule has 4 rings (SSSR count). The summed E-state index contributed by atoms with van der Waals surface area (Å²) in [7, 11) is 0. The molecule has 152 valence electrons. The summed E-state index contributed by atoms with van der Waals surface area (Å²) >= 11 is 0. The van der Waals surface area contributed by atoms with E-state index in [4.69, 9.17) is 0 Å².